The van der Waals surface area contributed by atoms with E-state index in [1.165, 1.54) is 16.7 Å². The zero-order chi connectivity index (χ0) is 25.3. The number of carbonyl (C=O) groups is 4. The van der Waals surface area contributed by atoms with Gasteiger partial charge in [-0.1, -0.05) is 60.7 Å². The average molecular weight is 605 g/mol. The van der Waals surface area contributed by atoms with Crippen molar-refractivity contribution in [1.82, 2.24) is 15.5 Å². The molecule has 2 fully saturated rings. The number of nitrogens with one attached hydrogen (secondary N) is 2. The summed E-state index contributed by atoms with van der Waals surface area (Å²) in [6.45, 7) is 3.55. The minimum absolute atomic E-state index is 0.394. The SMILES string of the molecule is CC1(C)S[C@@H]2[C@H](NC(=O)C(NC(=O)C(I)=Cc3ccccc3)c3ccccc3)C(=O)N2[C@H]1C(=O)O. The van der Waals surface area contributed by atoms with E-state index in [4.69, 9.17) is 0 Å². The van der Waals surface area contributed by atoms with Crippen LogP contribution in [-0.4, -0.2) is 55.9 Å². The fourth-order valence-corrected chi connectivity index (χ4v) is 6.43. The second-order valence-electron chi connectivity index (χ2n) is 8.80. The standard InChI is InChI=1S/C25H24IN3O5S/c1-25(2)19(24(33)34)29-22(32)18(23(29)35-25)28-21(31)17(15-11-7-4-8-12-15)27-20(30)16(26)13-14-9-5-3-6-10-14/h3-13,17-19,23H,1-2H3,(H,27,30)(H,28,31)(H,33,34)/t17?,18-,19+,23-/m1/s1. The third kappa shape index (κ3) is 5.08. The molecule has 2 aromatic rings. The molecule has 0 saturated carbocycles. The largest absolute Gasteiger partial charge is 0.480 e. The minimum atomic E-state index is -1.07. The summed E-state index contributed by atoms with van der Waals surface area (Å²) in [6, 6.07) is 15.3. The van der Waals surface area contributed by atoms with Gasteiger partial charge in [-0.3, -0.25) is 14.4 Å². The van der Waals surface area contributed by atoms with Crippen LogP contribution in [0.25, 0.3) is 6.08 Å². The number of aliphatic carboxylic acids is 1. The number of benzene rings is 2. The summed E-state index contributed by atoms with van der Waals surface area (Å²) in [5.41, 5.74) is 1.41. The van der Waals surface area contributed by atoms with Crippen LogP contribution in [0.1, 0.15) is 31.0 Å². The van der Waals surface area contributed by atoms with Gasteiger partial charge in [0.05, 0.1) is 3.58 Å². The zero-order valence-electron chi connectivity index (χ0n) is 19.0. The maximum atomic E-state index is 13.3. The van der Waals surface area contributed by atoms with E-state index in [1.807, 2.05) is 52.9 Å². The number of thioether (sulfide) groups is 1. The monoisotopic (exact) mass is 605 g/mol. The molecule has 3 N–H and O–H groups in total. The van der Waals surface area contributed by atoms with Gasteiger partial charge in [0.1, 0.15) is 23.5 Å². The van der Waals surface area contributed by atoms with E-state index in [0.29, 0.717) is 9.14 Å². The van der Waals surface area contributed by atoms with E-state index in [0.717, 1.165) is 5.56 Å². The third-order valence-corrected chi connectivity index (χ3v) is 8.33. The van der Waals surface area contributed by atoms with Crippen molar-refractivity contribution in [3.05, 3.63) is 75.4 Å². The summed E-state index contributed by atoms with van der Waals surface area (Å²) in [7, 11) is 0. The molecule has 2 heterocycles. The summed E-state index contributed by atoms with van der Waals surface area (Å²) >= 11 is 3.27. The summed E-state index contributed by atoms with van der Waals surface area (Å²) in [5.74, 6) is -2.48. The molecule has 2 aliphatic heterocycles. The zero-order valence-corrected chi connectivity index (χ0v) is 21.9. The number of nitrogens with zero attached hydrogens (tertiary/aromatic N) is 1. The number of fused-ring (bicyclic) bond motifs is 1. The summed E-state index contributed by atoms with van der Waals surface area (Å²) < 4.78 is -0.303. The lowest BCUT2D eigenvalue weighted by molar-refractivity contribution is -0.161. The van der Waals surface area contributed by atoms with Crippen LogP contribution in [0.15, 0.2) is 64.2 Å². The van der Waals surface area contributed by atoms with Gasteiger partial charge < -0.3 is 20.6 Å². The average Bonchev–Trinajstić information content (AvgIpc) is 3.09. The fraction of sp³-hybridized carbons (Fsp3) is 0.280. The number of carbonyl (C=O) groups excluding carboxylic acids is 3. The Kier molecular flexibility index (Phi) is 7.22. The molecule has 4 rings (SSSR count). The Hall–Kier alpha value is -2.86. The highest BCUT2D eigenvalue weighted by molar-refractivity contribution is 14.1. The maximum Gasteiger partial charge on any atom is 0.327 e. The van der Waals surface area contributed by atoms with Gasteiger partial charge in [-0.05, 0) is 53.6 Å². The van der Waals surface area contributed by atoms with Gasteiger partial charge in [-0.25, -0.2) is 4.79 Å². The van der Waals surface area contributed by atoms with Gasteiger partial charge in [0.15, 0.2) is 0 Å². The Labute approximate surface area is 220 Å². The van der Waals surface area contributed by atoms with E-state index in [1.54, 1.807) is 50.3 Å². The van der Waals surface area contributed by atoms with E-state index in [9.17, 15) is 24.3 Å². The Balaban J connectivity index is 1.52. The predicted molar refractivity (Wildman–Crippen MR) is 141 cm³/mol. The molecule has 2 saturated heterocycles. The number of amides is 3. The van der Waals surface area contributed by atoms with Crippen LogP contribution in [-0.2, 0) is 19.2 Å². The molecule has 0 spiro atoms. The Morgan fingerprint density at radius 3 is 2.29 bits per heavy atom. The number of hydrogen-bond acceptors (Lipinski definition) is 5. The first kappa shape index (κ1) is 25.2. The van der Waals surface area contributed by atoms with Gasteiger partial charge in [-0.15, -0.1) is 11.8 Å². The highest BCUT2D eigenvalue weighted by Crippen LogP contribution is 2.50. The lowest BCUT2D eigenvalue weighted by Gasteiger charge is -2.44. The van der Waals surface area contributed by atoms with Gasteiger partial charge in [0.25, 0.3) is 5.91 Å². The normalized spacial score (nSPS) is 23.6. The Morgan fingerprint density at radius 2 is 1.69 bits per heavy atom. The van der Waals surface area contributed by atoms with Gasteiger partial charge in [-0.2, -0.15) is 0 Å². The Morgan fingerprint density at radius 1 is 1.09 bits per heavy atom. The lowest BCUT2D eigenvalue weighted by Crippen LogP contribution is -2.71. The van der Waals surface area contributed by atoms with Crippen LogP contribution in [0, 0.1) is 0 Å². The lowest BCUT2D eigenvalue weighted by atomic mass is 9.95. The molecule has 0 aromatic heterocycles. The van der Waals surface area contributed by atoms with E-state index >= 15 is 0 Å². The number of carboxylic acids is 1. The maximum absolute atomic E-state index is 13.3. The minimum Gasteiger partial charge on any atom is -0.480 e. The second-order valence-corrected chi connectivity index (χ2v) is 11.7. The van der Waals surface area contributed by atoms with Crippen molar-refractivity contribution >= 4 is 64.1 Å². The molecule has 1 unspecified atom stereocenters. The topological polar surface area (TPSA) is 116 Å². The van der Waals surface area contributed by atoms with Crippen molar-refractivity contribution in [2.24, 2.45) is 0 Å². The molecule has 0 radical (unpaired) electrons. The van der Waals surface area contributed by atoms with Crippen molar-refractivity contribution in [2.75, 3.05) is 0 Å². The van der Waals surface area contributed by atoms with E-state index in [-0.39, 0.29) is 0 Å². The first-order valence-electron chi connectivity index (χ1n) is 10.9. The number of rotatable bonds is 7. The summed E-state index contributed by atoms with van der Waals surface area (Å²) in [4.78, 5) is 52.1. The second kappa shape index (κ2) is 10.0. The molecule has 0 aliphatic carbocycles. The molecule has 10 heteroatoms. The van der Waals surface area contributed by atoms with Crippen molar-refractivity contribution in [2.45, 2.75) is 42.1 Å². The molecule has 0 bridgehead atoms. The van der Waals surface area contributed by atoms with Crippen molar-refractivity contribution in [3.63, 3.8) is 0 Å². The van der Waals surface area contributed by atoms with Gasteiger partial charge >= 0.3 is 5.97 Å². The molecule has 182 valence electrons. The van der Waals surface area contributed by atoms with Crippen LogP contribution in [0.2, 0.25) is 0 Å². The fourth-order valence-electron chi connectivity index (χ4n) is 4.29. The first-order chi connectivity index (χ1) is 16.6. The van der Waals surface area contributed by atoms with Crippen molar-refractivity contribution in [3.8, 4) is 0 Å². The summed E-state index contributed by atoms with van der Waals surface area (Å²) in [5, 5.41) is 14.6. The van der Waals surface area contributed by atoms with Crippen molar-refractivity contribution < 1.29 is 24.3 Å². The smallest absolute Gasteiger partial charge is 0.327 e. The predicted octanol–water partition coefficient (Wildman–Crippen LogP) is 2.95. The molecule has 35 heavy (non-hydrogen) atoms. The highest BCUT2D eigenvalue weighted by Gasteiger charge is 2.64. The number of carboxylic acid groups (broad SMARTS) is 1. The van der Waals surface area contributed by atoms with E-state index < -0.39 is 51.9 Å². The molecule has 3 amide bonds. The van der Waals surface area contributed by atoms with Gasteiger partial charge in [0.2, 0.25) is 11.8 Å². The first-order valence-corrected chi connectivity index (χ1v) is 12.9. The van der Waals surface area contributed by atoms with Crippen LogP contribution < -0.4 is 10.6 Å². The number of hydrogen-bond donors (Lipinski definition) is 3. The van der Waals surface area contributed by atoms with E-state index in [2.05, 4.69) is 10.6 Å². The molecular formula is C25H24IN3O5S. The molecule has 4 atom stereocenters. The molecular weight excluding hydrogens is 581 g/mol. The van der Waals surface area contributed by atoms with Gasteiger partial charge in [0, 0.05) is 4.75 Å². The quantitative estimate of drug-likeness (QED) is 0.254. The summed E-state index contributed by atoms with van der Waals surface area (Å²) in [6.07, 6.45) is 1.71. The molecule has 2 aliphatic rings. The highest BCUT2D eigenvalue weighted by atomic mass is 127. The van der Waals surface area contributed by atoms with Crippen molar-refractivity contribution in [1.29, 1.82) is 0 Å². The van der Waals surface area contributed by atoms with Crippen LogP contribution in [0.4, 0.5) is 0 Å². The number of halogens is 1. The van der Waals surface area contributed by atoms with Crippen LogP contribution >= 0.6 is 34.4 Å². The number of β-lactam (4-membered cyclic amide) rings is 1. The molecule has 8 nitrogen and oxygen atoms in total. The van der Waals surface area contributed by atoms with Crippen LogP contribution in [0.5, 0.6) is 0 Å². The van der Waals surface area contributed by atoms with Crippen LogP contribution in [0.3, 0.4) is 0 Å². The third-order valence-electron chi connectivity index (χ3n) is 5.95. The molecule has 2 aromatic carbocycles. The Bertz CT molecular complexity index is 1190.